The van der Waals surface area contributed by atoms with Gasteiger partial charge in [-0.2, -0.15) is 0 Å². The second kappa shape index (κ2) is 15.2. The molecule has 3 atom stereocenters. The lowest BCUT2D eigenvalue weighted by Gasteiger charge is -2.29. The van der Waals surface area contributed by atoms with Crippen LogP contribution in [0, 0.1) is 5.82 Å². The molecule has 0 fully saturated rings. The van der Waals surface area contributed by atoms with Gasteiger partial charge in [-0.25, -0.2) is 8.78 Å². The summed E-state index contributed by atoms with van der Waals surface area (Å²) in [7, 11) is 0. The highest BCUT2D eigenvalue weighted by atomic mass is 19.1. The van der Waals surface area contributed by atoms with Gasteiger partial charge in [-0.05, 0) is 91.9 Å². The van der Waals surface area contributed by atoms with Crippen molar-refractivity contribution in [3.63, 3.8) is 0 Å². The largest absolute Gasteiger partial charge is 0.490 e. The first kappa shape index (κ1) is 29.2. The maximum absolute atomic E-state index is 13.5. The van der Waals surface area contributed by atoms with E-state index < -0.39 is 6.17 Å². The number of aryl methyl sites for hydroxylation is 1. The van der Waals surface area contributed by atoms with Crippen LogP contribution >= 0.6 is 0 Å². The summed E-state index contributed by atoms with van der Waals surface area (Å²) < 4.78 is 39.2. The molecular formula is C33H41F2NO2. The van der Waals surface area contributed by atoms with Crippen LogP contribution in [0.25, 0.3) is 0 Å². The first-order valence-corrected chi connectivity index (χ1v) is 13.8. The summed E-state index contributed by atoms with van der Waals surface area (Å²) in [6.07, 6.45) is 12.5. The van der Waals surface area contributed by atoms with Gasteiger partial charge in [0.1, 0.15) is 35.7 Å². The van der Waals surface area contributed by atoms with E-state index in [2.05, 4.69) is 35.9 Å². The smallest absolute Gasteiger partial charge is 0.123 e. The SMILES string of the molecule is C=CC1=C(/C=C\C(C)F)OC(CCN(/C=C/C2CCc3cc(F)ccc3O2)Cc2ccccc2)CC1.CC. The quantitative estimate of drug-likeness (QED) is 0.313. The normalized spacial score (nSPS) is 19.7. The maximum Gasteiger partial charge on any atom is 0.123 e. The molecule has 0 amide bonds. The Morgan fingerprint density at radius 1 is 1.08 bits per heavy atom. The first-order chi connectivity index (χ1) is 18.5. The van der Waals surface area contributed by atoms with Gasteiger partial charge in [-0.1, -0.05) is 56.8 Å². The second-order valence-corrected chi connectivity index (χ2v) is 9.44. The van der Waals surface area contributed by atoms with Crippen molar-refractivity contribution in [2.45, 2.75) is 77.8 Å². The number of alkyl halides is 1. The maximum atomic E-state index is 13.5. The van der Waals surface area contributed by atoms with Crippen LogP contribution in [0.3, 0.4) is 0 Å². The Bertz CT molecular complexity index is 1110. The van der Waals surface area contributed by atoms with Crippen molar-refractivity contribution in [3.05, 3.63) is 114 Å². The summed E-state index contributed by atoms with van der Waals surface area (Å²) in [5.41, 5.74) is 3.18. The lowest BCUT2D eigenvalue weighted by atomic mass is 9.99. The number of benzene rings is 2. The van der Waals surface area contributed by atoms with Gasteiger partial charge >= 0.3 is 0 Å². The summed E-state index contributed by atoms with van der Waals surface area (Å²) >= 11 is 0. The van der Waals surface area contributed by atoms with Gasteiger partial charge in [0.15, 0.2) is 0 Å². The van der Waals surface area contributed by atoms with Crippen LogP contribution in [-0.2, 0) is 17.7 Å². The molecule has 0 saturated carbocycles. The second-order valence-electron chi connectivity index (χ2n) is 9.44. The molecule has 0 aromatic heterocycles. The van der Waals surface area contributed by atoms with E-state index in [0.29, 0.717) is 0 Å². The van der Waals surface area contributed by atoms with Crippen LogP contribution in [0.1, 0.15) is 57.6 Å². The van der Waals surface area contributed by atoms with Crippen LogP contribution < -0.4 is 4.74 Å². The fourth-order valence-electron chi connectivity index (χ4n) is 4.59. The molecule has 38 heavy (non-hydrogen) atoms. The molecule has 3 unspecified atom stereocenters. The molecule has 2 aromatic carbocycles. The standard InChI is InChI=1S/C31H35F2NO2.C2H6/c1-3-25-10-13-28(35-30(25)15-9-23(2)32)17-19-34(22-24-7-5-4-6-8-24)20-18-29-14-11-26-21-27(33)12-16-31(26)36-29;1-2/h3-9,12,15-16,18,20-21,23,28-29H,1,10-11,13-14,17,19,22H2,2H3;1-2H3/b15-9-,20-18+;. The van der Waals surface area contributed by atoms with E-state index in [1.807, 2.05) is 32.0 Å². The Labute approximate surface area is 227 Å². The minimum atomic E-state index is -1.02. The third-order valence-corrected chi connectivity index (χ3v) is 6.58. The van der Waals surface area contributed by atoms with Crippen LogP contribution in [0.4, 0.5) is 8.78 Å². The zero-order chi connectivity index (χ0) is 27.3. The Morgan fingerprint density at radius 3 is 2.61 bits per heavy atom. The minimum Gasteiger partial charge on any atom is -0.490 e. The molecule has 0 aliphatic carbocycles. The van der Waals surface area contributed by atoms with E-state index in [4.69, 9.17) is 9.47 Å². The Morgan fingerprint density at radius 2 is 1.87 bits per heavy atom. The minimum absolute atomic E-state index is 0.0512. The summed E-state index contributed by atoms with van der Waals surface area (Å²) in [5.74, 6) is 1.26. The van der Waals surface area contributed by atoms with Crippen molar-refractivity contribution in [1.82, 2.24) is 4.90 Å². The molecule has 0 spiro atoms. The predicted molar refractivity (Wildman–Crippen MR) is 152 cm³/mol. The molecule has 0 N–H and O–H groups in total. The fraction of sp³-hybridized carbons (Fsp3) is 0.394. The molecule has 2 aliphatic rings. The monoisotopic (exact) mass is 521 g/mol. The van der Waals surface area contributed by atoms with E-state index >= 15 is 0 Å². The lowest BCUT2D eigenvalue weighted by Crippen LogP contribution is -2.27. The number of allylic oxidation sites excluding steroid dienone is 4. The van der Waals surface area contributed by atoms with E-state index in [9.17, 15) is 8.78 Å². The van der Waals surface area contributed by atoms with Crippen LogP contribution in [0.2, 0.25) is 0 Å². The van der Waals surface area contributed by atoms with Crippen LogP contribution in [-0.4, -0.2) is 29.8 Å². The van der Waals surface area contributed by atoms with Gasteiger partial charge in [0.25, 0.3) is 0 Å². The van der Waals surface area contributed by atoms with Gasteiger partial charge in [-0.15, -0.1) is 0 Å². The van der Waals surface area contributed by atoms with Gasteiger partial charge in [0, 0.05) is 19.5 Å². The molecule has 0 radical (unpaired) electrons. The summed E-state index contributed by atoms with van der Waals surface area (Å²) in [4.78, 5) is 2.29. The van der Waals surface area contributed by atoms with Crippen LogP contribution in [0.15, 0.2) is 96.9 Å². The topological polar surface area (TPSA) is 21.7 Å². The average Bonchev–Trinajstić information content (AvgIpc) is 2.95. The van der Waals surface area contributed by atoms with Gasteiger partial charge < -0.3 is 14.4 Å². The molecule has 5 heteroatoms. The Kier molecular flexibility index (Phi) is 11.7. The molecule has 2 aliphatic heterocycles. The summed E-state index contributed by atoms with van der Waals surface area (Å²) in [6.45, 7) is 11.0. The van der Waals surface area contributed by atoms with E-state index in [1.165, 1.54) is 24.6 Å². The van der Waals surface area contributed by atoms with Gasteiger partial charge in [0.2, 0.25) is 0 Å². The van der Waals surface area contributed by atoms with Crippen molar-refractivity contribution < 1.29 is 18.3 Å². The van der Waals surface area contributed by atoms with Crippen molar-refractivity contribution in [3.8, 4) is 5.75 Å². The van der Waals surface area contributed by atoms with E-state index in [0.717, 1.165) is 67.8 Å². The molecule has 3 nitrogen and oxygen atoms in total. The predicted octanol–water partition coefficient (Wildman–Crippen LogP) is 8.48. The lowest BCUT2D eigenvalue weighted by molar-refractivity contribution is 0.0856. The zero-order valence-corrected chi connectivity index (χ0v) is 22.9. The summed E-state index contributed by atoms with van der Waals surface area (Å²) in [6, 6.07) is 15.1. The number of fused-ring (bicyclic) bond motifs is 1. The zero-order valence-electron chi connectivity index (χ0n) is 22.9. The van der Waals surface area contributed by atoms with Crippen LogP contribution in [0.5, 0.6) is 5.75 Å². The van der Waals surface area contributed by atoms with E-state index in [1.54, 1.807) is 24.3 Å². The average molecular weight is 522 g/mol. The first-order valence-electron chi connectivity index (χ1n) is 13.8. The number of ether oxygens (including phenoxy) is 2. The highest BCUT2D eigenvalue weighted by Gasteiger charge is 2.21. The third-order valence-electron chi connectivity index (χ3n) is 6.58. The van der Waals surface area contributed by atoms with E-state index in [-0.39, 0.29) is 18.0 Å². The highest BCUT2D eigenvalue weighted by molar-refractivity contribution is 5.36. The number of rotatable bonds is 10. The number of halogens is 2. The molecule has 2 aromatic rings. The Balaban J connectivity index is 0.00000195. The number of hydrogen-bond donors (Lipinski definition) is 0. The number of hydrogen-bond acceptors (Lipinski definition) is 3. The molecule has 0 saturated heterocycles. The summed E-state index contributed by atoms with van der Waals surface area (Å²) in [5, 5.41) is 0. The Hall–Kier alpha value is -3.34. The third kappa shape index (κ3) is 8.90. The van der Waals surface area contributed by atoms with Crippen molar-refractivity contribution in [2.24, 2.45) is 0 Å². The van der Waals surface area contributed by atoms with Gasteiger partial charge in [-0.3, -0.25) is 0 Å². The van der Waals surface area contributed by atoms with Gasteiger partial charge in [0.05, 0.1) is 0 Å². The fourth-order valence-corrected chi connectivity index (χ4v) is 4.59. The van der Waals surface area contributed by atoms with Crippen molar-refractivity contribution in [2.75, 3.05) is 6.54 Å². The molecular weight excluding hydrogens is 480 g/mol. The molecule has 2 heterocycles. The van der Waals surface area contributed by atoms with Crippen molar-refractivity contribution >= 4 is 0 Å². The molecule has 0 bridgehead atoms. The molecule has 204 valence electrons. The van der Waals surface area contributed by atoms with Crippen molar-refractivity contribution in [1.29, 1.82) is 0 Å². The number of nitrogens with zero attached hydrogens (tertiary/aromatic N) is 1. The highest BCUT2D eigenvalue weighted by Crippen LogP contribution is 2.29. The molecule has 4 rings (SSSR count).